The first-order valence-electron chi connectivity index (χ1n) is 9.15. The Labute approximate surface area is 177 Å². The molecular formula is C21H20ClNO5S. The maximum absolute atomic E-state index is 12.8. The van der Waals surface area contributed by atoms with Crippen molar-refractivity contribution in [2.45, 2.75) is 19.8 Å². The van der Waals surface area contributed by atoms with Crippen LogP contribution in [0.25, 0.3) is 11.1 Å². The van der Waals surface area contributed by atoms with E-state index in [-0.39, 0.29) is 12.2 Å². The first-order chi connectivity index (χ1) is 13.9. The van der Waals surface area contributed by atoms with Crippen LogP contribution in [0.1, 0.15) is 30.1 Å². The molecule has 1 amide bonds. The maximum Gasteiger partial charge on any atom is 0.341 e. The van der Waals surface area contributed by atoms with Crippen molar-refractivity contribution in [3.8, 4) is 11.1 Å². The number of carbonyl (C=O) groups is 3. The number of carboxylic acid groups (broad SMARTS) is 1. The second kappa shape index (κ2) is 9.24. The third kappa shape index (κ3) is 4.68. The molecule has 0 radical (unpaired) electrons. The Bertz CT molecular complexity index is 950. The van der Waals surface area contributed by atoms with Gasteiger partial charge in [0.15, 0.2) is 0 Å². The van der Waals surface area contributed by atoms with Gasteiger partial charge in [-0.25, -0.2) is 4.79 Å². The second-order valence-corrected chi connectivity index (χ2v) is 7.88. The zero-order chi connectivity index (χ0) is 21.0. The van der Waals surface area contributed by atoms with Gasteiger partial charge in [-0.1, -0.05) is 35.9 Å². The molecule has 0 bridgehead atoms. The predicted molar refractivity (Wildman–Crippen MR) is 112 cm³/mol. The smallest absolute Gasteiger partial charge is 0.341 e. The number of carboxylic acids is 1. The number of amides is 1. The summed E-state index contributed by atoms with van der Waals surface area (Å²) >= 11 is 7.15. The summed E-state index contributed by atoms with van der Waals surface area (Å²) in [6, 6.07) is 7.00. The highest BCUT2D eigenvalue weighted by Gasteiger charge is 2.35. The van der Waals surface area contributed by atoms with Gasteiger partial charge in [-0.05, 0) is 37.5 Å². The maximum atomic E-state index is 12.8. The van der Waals surface area contributed by atoms with Gasteiger partial charge in [0.1, 0.15) is 10.6 Å². The average molecular weight is 434 g/mol. The molecule has 3 rings (SSSR count). The molecule has 0 unspecified atom stereocenters. The Morgan fingerprint density at radius 2 is 1.83 bits per heavy atom. The van der Waals surface area contributed by atoms with E-state index >= 15 is 0 Å². The molecule has 1 aliphatic rings. The molecule has 0 saturated heterocycles. The normalized spacial score (nSPS) is 18.3. The predicted octanol–water partition coefficient (Wildman–Crippen LogP) is 4.85. The lowest BCUT2D eigenvalue weighted by Crippen LogP contribution is -2.34. The molecule has 2 N–H and O–H groups in total. The number of thiophene rings is 1. The van der Waals surface area contributed by atoms with E-state index in [2.05, 4.69) is 5.32 Å². The van der Waals surface area contributed by atoms with Crippen molar-refractivity contribution in [1.29, 1.82) is 0 Å². The summed E-state index contributed by atoms with van der Waals surface area (Å²) in [6.45, 7) is 1.90. The zero-order valence-electron chi connectivity index (χ0n) is 15.7. The summed E-state index contributed by atoms with van der Waals surface area (Å²) in [5, 5.41) is 14.9. The molecular weight excluding hydrogens is 414 g/mol. The largest absolute Gasteiger partial charge is 0.481 e. The van der Waals surface area contributed by atoms with Crippen molar-refractivity contribution >= 4 is 45.8 Å². The topological polar surface area (TPSA) is 92.7 Å². The number of carbonyl (C=O) groups excluding carboxylic acids is 2. The van der Waals surface area contributed by atoms with E-state index in [1.165, 1.54) is 11.3 Å². The Kier molecular flexibility index (Phi) is 6.71. The first-order valence-corrected chi connectivity index (χ1v) is 10.4. The lowest BCUT2D eigenvalue weighted by atomic mass is 9.82. The van der Waals surface area contributed by atoms with Crippen molar-refractivity contribution in [2.24, 2.45) is 11.8 Å². The number of allylic oxidation sites excluding steroid dienone is 2. The van der Waals surface area contributed by atoms with Gasteiger partial charge in [-0.3, -0.25) is 9.59 Å². The molecule has 0 aliphatic heterocycles. The van der Waals surface area contributed by atoms with E-state index in [0.29, 0.717) is 28.4 Å². The molecule has 0 spiro atoms. The van der Waals surface area contributed by atoms with Gasteiger partial charge in [-0.2, -0.15) is 0 Å². The third-order valence-corrected chi connectivity index (χ3v) is 5.90. The summed E-state index contributed by atoms with van der Waals surface area (Å²) < 4.78 is 5.18. The monoisotopic (exact) mass is 433 g/mol. The zero-order valence-corrected chi connectivity index (χ0v) is 17.3. The van der Waals surface area contributed by atoms with Crippen LogP contribution < -0.4 is 5.32 Å². The van der Waals surface area contributed by atoms with Crippen molar-refractivity contribution in [1.82, 2.24) is 0 Å². The molecule has 1 heterocycles. The van der Waals surface area contributed by atoms with Gasteiger partial charge in [0, 0.05) is 16.0 Å². The first kappa shape index (κ1) is 21.1. The molecule has 1 aromatic carbocycles. The summed E-state index contributed by atoms with van der Waals surface area (Å²) in [5.41, 5.74) is 1.64. The average Bonchev–Trinajstić information content (AvgIpc) is 3.12. The van der Waals surface area contributed by atoms with Crippen molar-refractivity contribution < 1.29 is 24.2 Å². The van der Waals surface area contributed by atoms with E-state index in [9.17, 15) is 19.5 Å². The summed E-state index contributed by atoms with van der Waals surface area (Å²) in [5.74, 6) is -3.47. The molecule has 152 valence electrons. The van der Waals surface area contributed by atoms with Crippen molar-refractivity contribution in [2.75, 3.05) is 11.9 Å². The fourth-order valence-corrected chi connectivity index (χ4v) is 4.37. The molecule has 6 nitrogen and oxygen atoms in total. The Balaban J connectivity index is 1.93. The van der Waals surface area contributed by atoms with Crippen LogP contribution in [0.4, 0.5) is 5.00 Å². The van der Waals surface area contributed by atoms with Crippen LogP contribution in [0.2, 0.25) is 5.02 Å². The fourth-order valence-electron chi connectivity index (χ4n) is 3.28. The molecule has 1 aromatic heterocycles. The van der Waals surface area contributed by atoms with E-state index in [0.717, 1.165) is 5.56 Å². The van der Waals surface area contributed by atoms with Crippen molar-refractivity contribution in [3.63, 3.8) is 0 Å². The molecule has 0 saturated carbocycles. The van der Waals surface area contributed by atoms with E-state index in [4.69, 9.17) is 16.3 Å². The minimum atomic E-state index is -1.01. The van der Waals surface area contributed by atoms with Crippen LogP contribution in [-0.2, 0) is 14.3 Å². The highest BCUT2D eigenvalue weighted by Crippen LogP contribution is 2.37. The Morgan fingerprint density at radius 1 is 1.17 bits per heavy atom. The van der Waals surface area contributed by atoms with Gasteiger partial charge in [0.25, 0.3) is 0 Å². The minimum absolute atomic E-state index is 0.191. The van der Waals surface area contributed by atoms with Gasteiger partial charge in [0.05, 0.1) is 18.4 Å². The van der Waals surface area contributed by atoms with Crippen LogP contribution in [0.5, 0.6) is 0 Å². The highest BCUT2D eigenvalue weighted by atomic mass is 35.5. The van der Waals surface area contributed by atoms with Gasteiger partial charge in [-0.15, -0.1) is 11.3 Å². The number of halogens is 1. The Hall–Kier alpha value is -2.64. The van der Waals surface area contributed by atoms with Crippen LogP contribution in [0, 0.1) is 11.8 Å². The highest BCUT2D eigenvalue weighted by molar-refractivity contribution is 7.15. The number of nitrogens with one attached hydrogen (secondary N) is 1. The van der Waals surface area contributed by atoms with Gasteiger partial charge >= 0.3 is 11.9 Å². The quantitative estimate of drug-likeness (QED) is 0.501. The Morgan fingerprint density at radius 3 is 2.45 bits per heavy atom. The minimum Gasteiger partial charge on any atom is -0.481 e. The van der Waals surface area contributed by atoms with Crippen LogP contribution in [0.15, 0.2) is 41.8 Å². The number of hydrogen-bond acceptors (Lipinski definition) is 5. The molecule has 2 atom stereocenters. The van der Waals surface area contributed by atoms with Crippen LogP contribution in [0.3, 0.4) is 0 Å². The van der Waals surface area contributed by atoms with E-state index in [1.54, 1.807) is 42.6 Å². The lowest BCUT2D eigenvalue weighted by molar-refractivity contribution is -0.146. The van der Waals surface area contributed by atoms with Crippen LogP contribution >= 0.6 is 22.9 Å². The number of rotatable bonds is 6. The SMILES string of the molecule is CCOC(=O)c1c(-c2ccc(Cl)cc2)csc1NC(=O)[C@H]1CC=CC[C@@H]1C(=O)O. The number of benzene rings is 1. The van der Waals surface area contributed by atoms with E-state index in [1.807, 2.05) is 6.08 Å². The van der Waals surface area contributed by atoms with E-state index < -0.39 is 29.7 Å². The summed E-state index contributed by atoms with van der Waals surface area (Å²) in [4.78, 5) is 37.0. The standard InChI is InChI=1S/C21H20ClNO5S/c1-2-28-21(27)17-16(12-7-9-13(22)10-8-12)11-29-19(17)23-18(24)14-5-3-4-6-15(14)20(25)26/h3-4,7-11,14-15H,2,5-6H2,1H3,(H,23,24)(H,25,26)/t14-,15-/m0/s1. The fraction of sp³-hybridized carbons (Fsp3) is 0.286. The molecule has 2 aromatic rings. The van der Waals surface area contributed by atoms with Gasteiger partial charge in [0.2, 0.25) is 5.91 Å². The number of hydrogen-bond donors (Lipinski definition) is 2. The van der Waals surface area contributed by atoms with Crippen molar-refractivity contribution in [3.05, 3.63) is 52.4 Å². The van der Waals surface area contributed by atoms with Gasteiger partial charge < -0.3 is 15.2 Å². The molecule has 29 heavy (non-hydrogen) atoms. The molecule has 0 fully saturated rings. The number of anilines is 1. The van der Waals surface area contributed by atoms with Crippen LogP contribution in [-0.4, -0.2) is 29.6 Å². The number of ether oxygens (including phenoxy) is 1. The summed E-state index contributed by atoms with van der Waals surface area (Å²) in [6.07, 6.45) is 4.23. The lowest BCUT2D eigenvalue weighted by Gasteiger charge is -2.24. The number of aliphatic carboxylic acids is 1. The second-order valence-electron chi connectivity index (χ2n) is 6.56. The summed E-state index contributed by atoms with van der Waals surface area (Å²) in [7, 11) is 0. The third-order valence-electron chi connectivity index (χ3n) is 4.75. The molecule has 1 aliphatic carbocycles. The number of esters is 1. The molecule has 8 heteroatoms.